The van der Waals surface area contributed by atoms with Crippen LogP contribution < -0.4 is 11.1 Å². The van der Waals surface area contributed by atoms with Crippen molar-refractivity contribution in [3.8, 4) is 11.1 Å². The Morgan fingerprint density at radius 1 is 1.03 bits per heavy atom. The third-order valence-electron chi connectivity index (χ3n) is 5.86. The highest BCUT2D eigenvalue weighted by Crippen LogP contribution is 2.44. The first-order valence-electron chi connectivity index (χ1n) is 10.6. The van der Waals surface area contributed by atoms with Crippen molar-refractivity contribution in [3.05, 3.63) is 89.0 Å². The van der Waals surface area contributed by atoms with E-state index in [4.69, 9.17) is 10.5 Å². The molecule has 4 rings (SSSR count). The molecule has 0 saturated carbocycles. The van der Waals surface area contributed by atoms with Gasteiger partial charge in [-0.15, -0.1) is 0 Å². The van der Waals surface area contributed by atoms with Crippen molar-refractivity contribution in [1.29, 1.82) is 0 Å². The fourth-order valence-corrected chi connectivity index (χ4v) is 4.19. The third kappa shape index (κ3) is 4.67. The lowest BCUT2D eigenvalue weighted by molar-refractivity contribution is 0.0138. The molecule has 0 aliphatic heterocycles. The molecule has 33 heavy (non-hydrogen) atoms. The van der Waals surface area contributed by atoms with Gasteiger partial charge in [0.2, 0.25) is 0 Å². The summed E-state index contributed by atoms with van der Waals surface area (Å²) in [6.45, 7) is 0.122. The van der Waals surface area contributed by atoms with Gasteiger partial charge in [0, 0.05) is 24.1 Å². The molecule has 0 radical (unpaired) electrons. The summed E-state index contributed by atoms with van der Waals surface area (Å²) in [5.41, 5.74) is 9.26. The molecule has 2 unspecified atom stereocenters. The number of aliphatic hydroxyl groups excluding tert-OH is 2. The molecule has 8 heteroatoms. The van der Waals surface area contributed by atoms with E-state index in [9.17, 15) is 23.8 Å². The second-order valence-electron chi connectivity index (χ2n) is 7.94. The van der Waals surface area contributed by atoms with Gasteiger partial charge in [-0.25, -0.2) is 13.6 Å². The Hall–Kier alpha value is -3.49. The first-order valence-corrected chi connectivity index (χ1v) is 10.6. The molecule has 5 N–H and O–H groups in total. The van der Waals surface area contributed by atoms with Crippen molar-refractivity contribution in [2.45, 2.75) is 24.5 Å². The fraction of sp³-hybridized carbons (Fsp3) is 0.240. The van der Waals surface area contributed by atoms with E-state index >= 15 is 0 Å². The van der Waals surface area contributed by atoms with E-state index in [-0.39, 0.29) is 31.1 Å². The van der Waals surface area contributed by atoms with Crippen LogP contribution in [-0.4, -0.2) is 35.6 Å². The van der Waals surface area contributed by atoms with E-state index in [1.54, 1.807) is 0 Å². The quantitative estimate of drug-likeness (QED) is 0.406. The molecule has 0 fully saturated rings. The normalized spacial score (nSPS) is 14.3. The molecule has 1 amide bonds. The van der Waals surface area contributed by atoms with Gasteiger partial charge in [0.1, 0.15) is 24.3 Å². The van der Waals surface area contributed by atoms with E-state index < -0.39 is 35.6 Å². The van der Waals surface area contributed by atoms with Gasteiger partial charge < -0.3 is 26.0 Å². The SMILES string of the molecule is Nc1c(F)cc(F)cc1C(O)C(O)CCNC(=O)OCC1c2ccccc2-c2ccccc21. The molecule has 0 heterocycles. The molecule has 6 nitrogen and oxygen atoms in total. The fourth-order valence-electron chi connectivity index (χ4n) is 4.19. The summed E-state index contributed by atoms with van der Waals surface area (Å²) in [7, 11) is 0. The molecule has 0 saturated heterocycles. The summed E-state index contributed by atoms with van der Waals surface area (Å²) < 4.78 is 32.4. The van der Waals surface area contributed by atoms with Crippen LogP contribution in [0, 0.1) is 11.6 Å². The number of nitrogens with one attached hydrogen (secondary N) is 1. The van der Waals surface area contributed by atoms with Gasteiger partial charge in [0.15, 0.2) is 0 Å². The van der Waals surface area contributed by atoms with Gasteiger partial charge in [0.25, 0.3) is 0 Å². The number of carbonyl (C=O) groups excluding carboxylic acids is 1. The van der Waals surface area contributed by atoms with Crippen LogP contribution in [0.15, 0.2) is 60.7 Å². The van der Waals surface area contributed by atoms with Crippen molar-refractivity contribution >= 4 is 11.8 Å². The number of amides is 1. The van der Waals surface area contributed by atoms with Gasteiger partial charge in [-0.2, -0.15) is 0 Å². The Morgan fingerprint density at radius 3 is 2.27 bits per heavy atom. The largest absolute Gasteiger partial charge is 0.449 e. The number of ether oxygens (including phenoxy) is 1. The van der Waals surface area contributed by atoms with Crippen molar-refractivity contribution in [2.24, 2.45) is 0 Å². The summed E-state index contributed by atoms with van der Waals surface area (Å²) in [6.07, 6.45) is -3.76. The number of anilines is 1. The highest BCUT2D eigenvalue weighted by Gasteiger charge is 2.29. The number of hydrogen-bond acceptors (Lipinski definition) is 5. The third-order valence-corrected chi connectivity index (χ3v) is 5.86. The minimum absolute atomic E-state index is 0.0212. The van der Waals surface area contributed by atoms with E-state index in [1.807, 2.05) is 48.5 Å². The molecular weight excluding hydrogens is 430 g/mol. The van der Waals surface area contributed by atoms with Crippen LogP contribution in [0.3, 0.4) is 0 Å². The minimum atomic E-state index is -1.61. The number of nitrogen functional groups attached to an aromatic ring is 1. The van der Waals surface area contributed by atoms with Gasteiger partial charge in [0.05, 0.1) is 11.8 Å². The lowest BCUT2D eigenvalue weighted by Gasteiger charge is -2.20. The smallest absolute Gasteiger partial charge is 0.407 e. The van der Waals surface area contributed by atoms with E-state index in [1.165, 1.54) is 0 Å². The summed E-state index contributed by atoms with van der Waals surface area (Å²) >= 11 is 0. The summed E-state index contributed by atoms with van der Waals surface area (Å²) in [5.74, 6) is -2.02. The van der Waals surface area contributed by atoms with E-state index in [2.05, 4.69) is 5.32 Å². The van der Waals surface area contributed by atoms with E-state index in [0.717, 1.165) is 28.3 Å². The molecule has 172 valence electrons. The van der Waals surface area contributed by atoms with Gasteiger partial charge in [-0.3, -0.25) is 0 Å². The molecule has 0 spiro atoms. The summed E-state index contributed by atoms with van der Waals surface area (Å²) in [4.78, 5) is 12.2. The average Bonchev–Trinajstić information content (AvgIpc) is 3.13. The predicted molar refractivity (Wildman–Crippen MR) is 119 cm³/mol. The van der Waals surface area contributed by atoms with Gasteiger partial charge in [-0.1, -0.05) is 48.5 Å². The standard InChI is InChI=1S/C25H24F2N2O4/c26-14-11-19(23(28)21(27)12-14)24(31)22(30)9-10-29-25(32)33-13-20-17-7-3-1-5-15(17)16-6-2-4-8-18(16)20/h1-8,11-12,20,22,24,30-31H,9-10,13,28H2,(H,29,32). The van der Waals surface area contributed by atoms with Crippen molar-refractivity contribution in [3.63, 3.8) is 0 Å². The number of rotatable bonds is 7. The number of nitrogens with two attached hydrogens (primary N) is 1. The van der Waals surface area contributed by atoms with Gasteiger partial charge >= 0.3 is 6.09 Å². The van der Waals surface area contributed by atoms with Crippen LogP contribution in [0.2, 0.25) is 0 Å². The summed E-state index contributed by atoms with van der Waals surface area (Å²) in [5, 5.41) is 22.9. The summed E-state index contributed by atoms with van der Waals surface area (Å²) in [6, 6.07) is 17.4. The molecular formula is C25H24F2N2O4. The first-order chi connectivity index (χ1) is 15.9. The Kier molecular flexibility index (Phi) is 6.57. The second-order valence-corrected chi connectivity index (χ2v) is 7.94. The molecule has 2 atom stereocenters. The van der Waals surface area contributed by atoms with Crippen molar-refractivity contribution in [1.82, 2.24) is 5.32 Å². The second kappa shape index (κ2) is 9.56. The van der Waals surface area contributed by atoms with Crippen LogP contribution in [0.4, 0.5) is 19.3 Å². The number of fused-ring (bicyclic) bond motifs is 3. The maximum absolute atomic E-state index is 13.6. The van der Waals surface area contributed by atoms with Crippen LogP contribution in [0.5, 0.6) is 0 Å². The molecule has 3 aromatic carbocycles. The highest BCUT2D eigenvalue weighted by molar-refractivity contribution is 5.79. The van der Waals surface area contributed by atoms with Crippen LogP contribution in [0.1, 0.15) is 35.1 Å². The number of carbonyl (C=O) groups is 1. The Morgan fingerprint density at radius 2 is 1.64 bits per heavy atom. The van der Waals surface area contributed by atoms with Crippen molar-refractivity contribution < 1.29 is 28.5 Å². The topological polar surface area (TPSA) is 105 Å². The maximum Gasteiger partial charge on any atom is 0.407 e. The highest BCUT2D eigenvalue weighted by atomic mass is 19.1. The number of benzene rings is 3. The van der Waals surface area contributed by atoms with Gasteiger partial charge in [-0.05, 0) is 34.7 Å². The molecule has 0 bridgehead atoms. The monoisotopic (exact) mass is 454 g/mol. The predicted octanol–water partition coefficient (Wildman–Crippen LogP) is 3.87. The Balaban J connectivity index is 1.30. The Labute approximate surface area is 189 Å². The van der Waals surface area contributed by atoms with Crippen LogP contribution in [-0.2, 0) is 4.74 Å². The van der Waals surface area contributed by atoms with Crippen LogP contribution in [0.25, 0.3) is 11.1 Å². The zero-order chi connectivity index (χ0) is 23.5. The molecule has 1 aliphatic rings. The number of alkyl carbamates (subject to hydrolysis) is 1. The number of halogens is 2. The maximum atomic E-state index is 13.6. The Bertz CT molecular complexity index is 1130. The van der Waals surface area contributed by atoms with Crippen molar-refractivity contribution in [2.75, 3.05) is 18.9 Å². The molecule has 1 aliphatic carbocycles. The zero-order valence-electron chi connectivity index (χ0n) is 17.7. The molecule has 3 aromatic rings. The lowest BCUT2D eigenvalue weighted by Crippen LogP contribution is -2.31. The van der Waals surface area contributed by atoms with E-state index in [0.29, 0.717) is 6.07 Å². The lowest BCUT2D eigenvalue weighted by atomic mass is 9.98. The van der Waals surface area contributed by atoms with Crippen LogP contribution >= 0.6 is 0 Å². The zero-order valence-corrected chi connectivity index (χ0v) is 17.7. The number of aliphatic hydroxyl groups is 2. The first kappa shape index (κ1) is 22.7. The average molecular weight is 454 g/mol. The molecule has 0 aromatic heterocycles. The number of hydrogen-bond donors (Lipinski definition) is 4. The minimum Gasteiger partial charge on any atom is -0.449 e.